The first kappa shape index (κ1) is 12.3. The van der Waals surface area contributed by atoms with E-state index in [9.17, 15) is 13.2 Å². The van der Waals surface area contributed by atoms with Gasteiger partial charge < -0.3 is 9.73 Å². The van der Waals surface area contributed by atoms with E-state index in [-0.39, 0.29) is 10.7 Å². The largest absolute Gasteiger partial charge is 0.459 e. The van der Waals surface area contributed by atoms with Crippen LogP contribution in [0.2, 0.25) is 0 Å². The molecule has 0 radical (unpaired) electrons. The fourth-order valence-electron chi connectivity index (χ4n) is 1.33. The maximum atomic E-state index is 11.6. The van der Waals surface area contributed by atoms with Gasteiger partial charge in [-0.2, -0.15) is 0 Å². The number of hydrogen-bond donors (Lipinski definition) is 2. The number of nitrogens with one attached hydrogen (secondary N) is 1. The van der Waals surface area contributed by atoms with Gasteiger partial charge in [-0.05, 0) is 36.4 Å². The van der Waals surface area contributed by atoms with Crippen LogP contribution in [-0.4, -0.2) is 14.3 Å². The van der Waals surface area contributed by atoms with Crippen LogP contribution in [0, 0.1) is 0 Å². The molecule has 1 aromatic heterocycles. The van der Waals surface area contributed by atoms with Crippen LogP contribution in [0.3, 0.4) is 0 Å². The number of primary sulfonamides is 1. The number of hydrogen-bond acceptors (Lipinski definition) is 4. The first-order chi connectivity index (χ1) is 8.47. The SMILES string of the molecule is NS(=O)(=O)c1ccc(NC(=O)c2ccco2)cc1. The van der Waals surface area contributed by atoms with Crippen molar-refractivity contribution < 1.29 is 17.6 Å². The van der Waals surface area contributed by atoms with Crippen molar-refractivity contribution in [3.05, 3.63) is 48.4 Å². The van der Waals surface area contributed by atoms with Crippen LogP contribution in [0.15, 0.2) is 52.0 Å². The van der Waals surface area contributed by atoms with E-state index in [1.165, 1.54) is 36.6 Å². The van der Waals surface area contributed by atoms with Crippen molar-refractivity contribution in [1.82, 2.24) is 0 Å². The van der Waals surface area contributed by atoms with E-state index in [0.29, 0.717) is 5.69 Å². The van der Waals surface area contributed by atoms with Crippen LogP contribution in [0.5, 0.6) is 0 Å². The number of benzene rings is 1. The van der Waals surface area contributed by atoms with Gasteiger partial charge in [0.2, 0.25) is 10.0 Å². The molecule has 0 unspecified atom stereocenters. The quantitative estimate of drug-likeness (QED) is 0.870. The van der Waals surface area contributed by atoms with Gasteiger partial charge in [-0.15, -0.1) is 0 Å². The summed E-state index contributed by atoms with van der Waals surface area (Å²) in [5.74, 6) is -0.242. The Bertz CT molecular complexity index is 645. The zero-order valence-corrected chi connectivity index (χ0v) is 9.98. The second-order valence-corrected chi connectivity index (χ2v) is 5.06. The van der Waals surface area contributed by atoms with E-state index >= 15 is 0 Å². The normalized spacial score (nSPS) is 11.2. The molecule has 0 saturated carbocycles. The highest BCUT2D eigenvalue weighted by Gasteiger charge is 2.10. The Morgan fingerprint density at radius 1 is 1.17 bits per heavy atom. The van der Waals surface area contributed by atoms with Gasteiger partial charge in [0.15, 0.2) is 5.76 Å². The molecule has 0 aliphatic heterocycles. The van der Waals surface area contributed by atoms with Crippen LogP contribution in [0.4, 0.5) is 5.69 Å². The molecule has 94 valence electrons. The second-order valence-electron chi connectivity index (χ2n) is 3.50. The predicted molar refractivity (Wildman–Crippen MR) is 64.5 cm³/mol. The zero-order chi connectivity index (χ0) is 13.2. The highest BCUT2D eigenvalue weighted by molar-refractivity contribution is 7.89. The van der Waals surface area contributed by atoms with Gasteiger partial charge in [0.05, 0.1) is 11.2 Å². The molecule has 3 N–H and O–H groups in total. The number of sulfonamides is 1. The minimum absolute atomic E-state index is 0.0153. The second kappa shape index (κ2) is 4.63. The molecule has 2 aromatic rings. The summed E-state index contributed by atoms with van der Waals surface area (Å²) < 4.78 is 27.0. The molecule has 0 bridgehead atoms. The van der Waals surface area contributed by atoms with Crippen molar-refractivity contribution in [2.45, 2.75) is 4.90 Å². The third-order valence-corrected chi connectivity index (χ3v) is 3.11. The van der Waals surface area contributed by atoms with Gasteiger partial charge in [0.25, 0.3) is 5.91 Å². The highest BCUT2D eigenvalue weighted by Crippen LogP contribution is 2.14. The Labute approximate surface area is 103 Å². The first-order valence-corrected chi connectivity index (χ1v) is 6.49. The molecule has 0 fully saturated rings. The summed E-state index contributed by atoms with van der Waals surface area (Å²) in [6.45, 7) is 0. The van der Waals surface area contributed by atoms with E-state index in [4.69, 9.17) is 9.56 Å². The molecule has 0 aliphatic carbocycles. The maximum Gasteiger partial charge on any atom is 0.291 e. The van der Waals surface area contributed by atoms with Crippen LogP contribution >= 0.6 is 0 Å². The van der Waals surface area contributed by atoms with Crippen molar-refractivity contribution in [2.24, 2.45) is 5.14 Å². The zero-order valence-electron chi connectivity index (χ0n) is 9.16. The number of amides is 1. The van der Waals surface area contributed by atoms with Gasteiger partial charge in [-0.1, -0.05) is 0 Å². The molecular formula is C11H10N2O4S. The van der Waals surface area contributed by atoms with E-state index in [1.807, 2.05) is 0 Å². The topological polar surface area (TPSA) is 102 Å². The van der Waals surface area contributed by atoms with Crippen molar-refractivity contribution in [1.29, 1.82) is 0 Å². The molecular weight excluding hydrogens is 256 g/mol. The number of rotatable bonds is 3. The van der Waals surface area contributed by atoms with Crippen LogP contribution in [0.1, 0.15) is 10.6 Å². The molecule has 1 heterocycles. The minimum Gasteiger partial charge on any atom is -0.459 e. The Hall–Kier alpha value is -2.12. The smallest absolute Gasteiger partial charge is 0.291 e. The third-order valence-electron chi connectivity index (χ3n) is 2.19. The van der Waals surface area contributed by atoms with Gasteiger partial charge in [0, 0.05) is 5.69 Å². The summed E-state index contributed by atoms with van der Waals surface area (Å²) in [6.07, 6.45) is 1.39. The first-order valence-electron chi connectivity index (χ1n) is 4.94. The minimum atomic E-state index is -3.72. The molecule has 0 aliphatic rings. The van der Waals surface area contributed by atoms with Gasteiger partial charge >= 0.3 is 0 Å². The van der Waals surface area contributed by atoms with Crippen molar-refractivity contribution in [3.8, 4) is 0 Å². The Balaban J connectivity index is 2.14. The number of carbonyl (C=O) groups is 1. The van der Waals surface area contributed by atoms with E-state index in [1.54, 1.807) is 6.07 Å². The van der Waals surface area contributed by atoms with Crippen molar-refractivity contribution in [2.75, 3.05) is 5.32 Å². The Morgan fingerprint density at radius 3 is 2.33 bits per heavy atom. The molecule has 18 heavy (non-hydrogen) atoms. The predicted octanol–water partition coefficient (Wildman–Crippen LogP) is 1.18. The average Bonchev–Trinajstić information content (AvgIpc) is 2.82. The lowest BCUT2D eigenvalue weighted by Gasteiger charge is -2.04. The Morgan fingerprint density at radius 2 is 1.83 bits per heavy atom. The van der Waals surface area contributed by atoms with Gasteiger partial charge in [0.1, 0.15) is 0 Å². The monoisotopic (exact) mass is 266 g/mol. The van der Waals surface area contributed by atoms with Crippen LogP contribution in [0.25, 0.3) is 0 Å². The van der Waals surface area contributed by atoms with Gasteiger partial charge in [-0.3, -0.25) is 4.79 Å². The average molecular weight is 266 g/mol. The number of carbonyl (C=O) groups excluding carboxylic acids is 1. The summed E-state index contributed by atoms with van der Waals surface area (Å²) in [5, 5.41) is 7.51. The van der Waals surface area contributed by atoms with Crippen molar-refractivity contribution in [3.63, 3.8) is 0 Å². The van der Waals surface area contributed by atoms with Crippen LogP contribution in [-0.2, 0) is 10.0 Å². The summed E-state index contributed by atoms with van der Waals surface area (Å²) >= 11 is 0. The lowest BCUT2D eigenvalue weighted by atomic mass is 10.3. The molecule has 0 saturated heterocycles. The third kappa shape index (κ3) is 2.76. The number of nitrogens with two attached hydrogens (primary N) is 1. The van der Waals surface area contributed by atoms with E-state index in [2.05, 4.69) is 5.32 Å². The fourth-order valence-corrected chi connectivity index (χ4v) is 1.84. The lowest BCUT2D eigenvalue weighted by molar-refractivity contribution is 0.0996. The van der Waals surface area contributed by atoms with Gasteiger partial charge in [-0.25, -0.2) is 13.6 Å². The summed E-state index contributed by atoms with van der Waals surface area (Å²) in [6, 6.07) is 8.63. The lowest BCUT2D eigenvalue weighted by Crippen LogP contribution is -2.13. The summed E-state index contributed by atoms with van der Waals surface area (Å²) in [4.78, 5) is 11.6. The standard InChI is InChI=1S/C11H10N2O4S/c12-18(15,16)9-5-3-8(4-6-9)13-11(14)10-2-1-7-17-10/h1-7H,(H,13,14)(H2,12,15,16). The molecule has 6 nitrogen and oxygen atoms in total. The molecule has 7 heteroatoms. The number of furan rings is 1. The molecule has 0 atom stereocenters. The number of anilines is 1. The van der Waals surface area contributed by atoms with Crippen LogP contribution < -0.4 is 10.5 Å². The molecule has 2 rings (SSSR count). The summed E-state index contributed by atoms with van der Waals surface area (Å²) in [7, 11) is -3.72. The highest BCUT2D eigenvalue weighted by atomic mass is 32.2. The van der Waals surface area contributed by atoms with Crippen molar-refractivity contribution >= 4 is 21.6 Å². The molecule has 1 aromatic carbocycles. The molecule has 0 spiro atoms. The Kier molecular flexibility index (Phi) is 3.17. The van der Waals surface area contributed by atoms with E-state index in [0.717, 1.165) is 0 Å². The van der Waals surface area contributed by atoms with E-state index < -0.39 is 15.9 Å². The molecule has 1 amide bonds. The fraction of sp³-hybridized carbons (Fsp3) is 0. The summed E-state index contributed by atoms with van der Waals surface area (Å²) in [5.41, 5.74) is 0.448. The maximum absolute atomic E-state index is 11.6.